The van der Waals surface area contributed by atoms with E-state index in [1.54, 1.807) is 12.1 Å². The van der Waals surface area contributed by atoms with Gasteiger partial charge in [0.15, 0.2) is 0 Å². The van der Waals surface area contributed by atoms with Gasteiger partial charge in [0.25, 0.3) is 0 Å². The lowest BCUT2D eigenvalue weighted by Crippen LogP contribution is -2.32. The minimum absolute atomic E-state index is 0.209. The monoisotopic (exact) mass is 264 g/mol. The Morgan fingerprint density at radius 3 is 2.54 bits per heavy atom. The summed E-state index contributed by atoms with van der Waals surface area (Å²) in [4.78, 5) is 0. The maximum Gasteiger partial charge on any atom is 0.491 e. The molecule has 0 amide bonds. The van der Waals surface area contributed by atoms with Crippen LogP contribution in [0.1, 0.15) is 0 Å². The second kappa shape index (κ2) is 4.33. The first-order valence-electron chi connectivity index (χ1n) is 3.46. The first-order chi connectivity index (χ1) is 6.07. The Kier molecular flexibility index (Phi) is 3.61. The predicted molar refractivity (Wildman–Crippen MR) is 55.5 cm³/mol. The van der Waals surface area contributed by atoms with Crippen LogP contribution in [-0.4, -0.2) is 24.3 Å². The zero-order valence-electron chi connectivity index (χ0n) is 6.79. The molecule has 70 valence electrons. The zero-order valence-corrected chi connectivity index (χ0v) is 9.13. The van der Waals surface area contributed by atoms with Gasteiger partial charge in [-0.2, -0.15) is 0 Å². The molecule has 0 aliphatic heterocycles. The summed E-state index contributed by atoms with van der Waals surface area (Å²) >= 11 is 8.91. The third kappa shape index (κ3) is 2.17. The Labute approximate surface area is 89.6 Å². The highest BCUT2D eigenvalue weighted by Gasteiger charge is 2.21. The molecule has 0 spiro atoms. The molecule has 1 aromatic rings. The van der Waals surface area contributed by atoms with Gasteiger partial charge in [0, 0.05) is 10.5 Å². The minimum Gasteiger partial charge on any atom is -0.496 e. The van der Waals surface area contributed by atoms with Crippen LogP contribution >= 0.6 is 27.5 Å². The SMILES string of the molecule is COc1ccc(Cl)c(B(O)O)c1Br. The van der Waals surface area contributed by atoms with Gasteiger partial charge in [0.05, 0.1) is 11.6 Å². The molecule has 0 saturated carbocycles. The first-order valence-corrected chi connectivity index (χ1v) is 4.63. The van der Waals surface area contributed by atoms with Gasteiger partial charge in [-0.15, -0.1) is 0 Å². The Bertz CT molecular complexity index is 319. The van der Waals surface area contributed by atoms with Crippen molar-refractivity contribution in [2.75, 3.05) is 7.11 Å². The molecule has 13 heavy (non-hydrogen) atoms. The van der Waals surface area contributed by atoms with Crippen LogP contribution < -0.4 is 10.2 Å². The van der Waals surface area contributed by atoms with Crippen LogP contribution in [-0.2, 0) is 0 Å². The molecule has 0 aliphatic carbocycles. The summed E-state index contributed by atoms with van der Waals surface area (Å²) in [5, 5.41) is 18.3. The van der Waals surface area contributed by atoms with Crippen molar-refractivity contribution in [2.45, 2.75) is 0 Å². The van der Waals surface area contributed by atoms with Crippen molar-refractivity contribution < 1.29 is 14.8 Å². The van der Waals surface area contributed by atoms with E-state index >= 15 is 0 Å². The average molecular weight is 265 g/mol. The van der Waals surface area contributed by atoms with Crippen LogP contribution in [0.15, 0.2) is 16.6 Å². The fraction of sp³-hybridized carbons (Fsp3) is 0.143. The Hall–Kier alpha value is -0.225. The van der Waals surface area contributed by atoms with Crippen molar-refractivity contribution in [1.82, 2.24) is 0 Å². The predicted octanol–water partition coefficient (Wildman–Crippen LogP) is 0.791. The summed E-state index contributed by atoms with van der Waals surface area (Å²) in [6.07, 6.45) is 0. The van der Waals surface area contributed by atoms with Crippen molar-refractivity contribution in [3.63, 3.8) is 0 Å². The van der Waals surface area contributed by atoms with Gasteiger partial charge >= 0.3 is 7.12 Å². The molecule has 0 unspecified atom stereocenters. The molecule has 0 fully saturated rings. The first kappa shape index (κ1) is 10.9. The second-order valence-corrected chi connectivity index (χ2v) is 3.55. The lowest BCUT2D eigenvalue weighted by atomic mass is 9.80. The van der Waals surface area contributed by atoms with Gasteiger partial charge in [0.1, 0.15) is 5.75 Å². The van der Waals surface area contributed by atoms with Crippen LogP contribution in [0.5, 0.6) is 5.75 Å². The number of hydrogen-bond donors (Lipinski definition) is 2. The highest BCUT2D eigenvalue weighted by Crippen LogP contribution is 2.25. The quantitative estimate of drug-likeness (QED) is 0.777. The van der Waals surface area contributed by atoms with Crippen molar-refractivity contribution >= 4 is 40.1 Å². The molecule has 0 bridgehead atoms. The highest BCUT2D eigenvalue weighted by molar-refractivity contribution is 9.10. The summed E-state index contributed by atoms with van der Waals surface area (Å²) in [5.74, 6) is 0.507. The molecule has 6 heteroatoms. The summed E-state index contributed by atoms with van der Waals surface area (Å²) in [6.45, 7) is 0. The average Bonchev–Trinajstić information content (AvgIpc) is 2.04. The topological polar surface area (TPSA) is 49.7 Å². The lowest BCUT2D eigenvalue weighted by molar-refractivity contribution is 0.409. The molecular formula is C7H7BBrClO3. The minimum atomic E-state index is -1.61. The third-order valence-corrected chi connectivity index (χ3v) is 2.72. The maximum atomic E-state index is 8.99. The van der Waals surface area contributed by atoms with Gasteiger partial charge < -0.3 is 14.8 Å². The number of ether oxygens (including phenoxy) is 1. The molecule has 1 aromatic carbocycles. The van der Waals surface area contributed by atoms with E-state index in [9.17, 15) is 0 Å². The summed E-state index contributed by atoms with van der Waals surface area (Å²) in [7, 11) is -0.126. The number of rotatable bonds is 2. The fourth-order valence-electron chi connectivity index (χ4n) is 0.944. The smallest absolute Gasteiger partial charge is 0.491 e. The van der Waals surface area contributed by atoms with Gasteiger partial charge in [-0.1, -0.05) is 11.6 Å². The maximum absolute atomic E-state index is 8.99. The standard InChI is InChI=1S/C7H7BBrClO3/c1-13-5-3-2-4(10)6(7(5)9)8(11)12/h2-3,11-12H,1H3. The van der Waals surface area contributed by atoms with Crippen LogP contribution in [0.2, 0.25) is 5.02 Å². The van der Waals surface area contributed by atoms with Crippen molar-refractivity contribution in [3.8, 4) is 5.75 Å². The largest absolute Gasteiger partial charge is 0.496 e. The van der Waals surface area contributed by atoms with E-state index in [0.717, 1.165) is 0 Å². The van der Waals surface area contributed by atoms with Gasteiger partial charge in [-0.3, -0.25) is 0 Å². The van der Waals surface area contributed by atoms with Crippen LogP contribution in [0.3, 0.4) is 0 Å². The molecule has 0 aliphatic rings. The van der Waals surface area contributed by atoms with Crippen LogP contribution in [0.25, 0.3) is 0 Å². The van der Waals surface area contributed by atoms with E-state index < -0.39 is 7.12 Å². The van der Waals surface area contributed by atoms with E-state index in [2.05, 4.69) is 15.9 Å². The molecule has 2 N–H and O–H groups in total. The molecule has 0 aromatic heterocycles. The number of methoxy groups -OCH3 is 1. The zero-order chi connectivity index (χ0) is 10.0. The van der Waals surface area contributed by atoms with Crippen LogP contribution in [0.4, 0.5) is 0 Å². The van der Waals surface area contributed by atoms with Crippen molar-refractivity contribution in [2.24, 2.45) is 0 Å². The molecule has 0 atom stereocenters. The van der Waals surface area contributed by atoms with Crippen molar-refractivity contribution in [3.05, 3.63) is 21.6 Å². The van der Waals surface area contributed by atoms with E-state index in [1.165, 1.54) is 7.11 Å². The van der Waals surface area contributed by atoms with Crippen LogP contribution in [0, 0.1) is 0 Å². The molecule has 0 saturated heterocycles. The Morgan fingerprint density at radius 1 is 1.46 bits per heavy atom. The number of hydrogen-bond acceptors (Lipinski definition) is 3. The normalized spacial score (nSPS) is 9.92. The van der Waals surface area contributed by atoms with Gasteiger partial charge in [-0.25, -0.2) is 0 Å². The molecule has 0 radical (unpaired) electrons. The van der Waals surface area contributed by atoms with Gasteiger partial charge in [-0.05, 0) is 28.1 Å². The number of halogens is 2. The molecule has 3 nitrogen and oxygen atoms in total. The number of benzene rings is 1. The van der Waals surface area contributed by atoms with E-state index in [-0.39, 0.29) is 10.5 Å². The summed E-state index contributed by atoms with van der Waals surface area (Å²) in [5.41, 5.74) is 0.209. The Morgan fingerprint density at radius 2 is 2.08 bits per heavy atom. The fourth-order valence-corrected chi connectivity index (χ4v) is 2.03. The lowest BCUT2D eigenvalue weighted by Gasteiger charge is -2.09. The molecule has 1 rings (SSSR count). The van der Waals surface area contributed by atoms with Crippen molar-refractivity contribution in [1.29, 1.82) is 0 Å². The van der Waals surface area contributed by atoms with E-state index in [0.29, 0.717) is 10.2 Å². The summed E-state index contributed by atoms with van der Waals surface area (Å²) in [6, 6.07) is 3.18. The summed E-state index contributed by atoms with van der Waals surface area (Å²) < 4.78 is 5.42. The third-order valence-electron chi connectivity index (χ3n) is 1.57. The Balaban J connectivity index is 3.30. The van der Waals surface area contributed by atoms with E-state index in [1.807, 2.05) is 0 Å². The molecule has 0 heterocycles. The van der Waals surface area contributed by atoms with Gasteiger partial charge in [0.2, 0.25) is 0 Å². The second-order valence-electron chi connectivity index (χ2n) is 2.35. The van der Waals surface area contributed by atoms with E-state index in [4.69, 9.17) is 26.4 Å². The highest BCUT2D eigenvalue weighted by atomic mass is 79.9. The molecular weight excluding hydrogens is 258 g/mol.